The van der Waals surface area contributed by atoms with Crippen molar-refractivity contribution in [1.29, 1.82) is 0 Å². The van der Waals surface area contributed by atoms with Crippen LogP contribution in [0.1, 0.15) is 77.9 Å². The number of likely N-dealkylation sites (tertiary alicyclic amines) is 1. The van der Waals surface area contributed by atoms with Crippen LogP contribution in [0.3, 0.4) is 0 Å². The first kappa shape index (κ1) is 74.1. The van der Waals surface area contributed by atoms with Crippen LogP contribution in [0.15, 0.2) is 72.8 Å². The first-order valence-electron chi connectivity index (χ1n) is 30.0. The van der Waals surface area contributed by atoms with Gasteiger partial charge < -0.3 is 64.8 Å². The van der Waals surface area contributed by atoms with Gasteiger partial charge in [-0.15, -0.1) is 6.07 Å². The van der Waals surface area contributed by atoms with Crippen molar-refractivity contribution in [2.45, 2.75) is 52.0 Å². The molecule has 3 aromatic carbocycles. The van der Waals surface area contributed by atoms with Crippen LogP contribution in [0.5, 0.6) is 11.5 Å². The van der Waals surface area contributed by atoms with Gasteiger partial charge in [-0.05, 0) is 93.9 Å². The van der Waals surface area contributed by atoms with Crippen LogP contribution in [-0.2, 0) is 28.7 Å². The number of hydrogen-bond donors (Lipinski definition) is 6. The number of hydrogen-bond acceptors (Lipinski definition) is 18. The predicted molar refractivity (Wildman–Crippen MR) is 330 cm³/mol. The van der Waals surface area contributed by atoms with E-state index >= 15 is 0 Å². The number of pyridine rings is 1. The number of aliphatic carboxylic acids is 3. The summed E-state index contributed by atoms with van der Waals surface area (Å²) < 4.78 is 44.4. The zero-order valence-corrected chi connectivity index (χ0v) is 54.2. The summed E-state index contributed by atoms with van der Waals surface area (Å²) in [4.78, 5) is 101. The molecule has 3 saturated heterocycles. The normalized spacial score (nSPS) is 16.6. The number of ether oxygens (including phenoxy) is 3. The van der Waals surface area contributed by atoms with E-state index < -0.39 is 36.2 Å². The fourth-order valence-corrected chi connectivity index (χ4v) is 10.9. The largest absolute Gasteiger partial charge is 1.00 e. The third-order valence-corrected chi connectivity index (χ3v) is 15.5. The minimum Gasteiger partial charge on any atom is -0.493 e. The molecule has 486 valence electrons. The number of carbonyl (C=O) groups excluding carboxylic acids is 3. The molecule has 0 spiro atoms. The van der Waals surface area contributed by atoms with Crippen LogP contribution in [0, 0.1) is 0 Å². The maximum absolute atomic E-state index is 13.6. The Morgan fingerprint density at radius 2 is 1.31 bits per heavy atom. The van der Waals surface area contributed by atoms with Crippen molar-refractivity contribution in [2.24, 2.45) is 0 Å². The molecule has 4 heterocycles. The number of anilines is 2. The zero-order chi connectivity index (χ0) is 64.2. The van der Waals surface area contributed by atoms with Crippen LogP contribution >= 0.6 is 11.6 Å². The molecule has 0 bridgehead atoms. The van der Waals surface area contributed by atoms with Crippen LogP contribution < -0.4 is 54.6 Å². The summed E-state index contributed by atoms with van der Waals surface area (Å²) in [6, 6.07) is 19.7. The van der Waals surface area contributed by atoms with E-state index in [2.05, 4.69) is 20.5 Å². The molecule has 28 heteroatoms. The summed E-state index contributed by atoms with van der Waals surface area (Å²) in [5.41, 5.74) is 2.43. The molecule has 3 fully saturated rings. The number of aromatic nitrogens is 1. The van der Waals surface area contributed by atoms with Gasteiger partial charge in [-0.25, -0.2) is 13.6 Å². The molecule has 0 saturated carbocycles. The van der Waals surface area contributed by atoms with Gasteiger partial charge in [0.25, 0.3) is 12.3 Å². The number of rotatable bonds is 29. The summed E-state index contributed by atoms with van der Waals surface area (Å²) in [5.74, 6) is -3.69. The van der Waals surface area contributed by atoms with E-state index in [0.29, 0.717) is 133 Å². The molecule has 1 unspecified atom stereocenters. The predicted octanol–water partition coefficient (Wildman–Crippen LogP) is 2.21. The Balaban J connectivity index is 0.000000341. The van der Waals surface area contributed by atoms with Gasteiger partial charge >= 0.3 is 53.4 Å². The molecule has 24 nitrogen and oxygen atoms in total. The van der Waals surface area contributed by atoms with Gasteiger partial charge in [0, 0.05) is 137 Å². The molecular weight excluding hydrogens is 1210 g/mol. The average Bonchev–Trinajstić information content (AvgIpc) is 1.02. The molecule has 2 amide bonds. The van der Waals surface area contributed by atoms with Crippen molar-refractivity contribution >= 4 is 65.0 Å². The first-order chi connectivity index (χ1) is 42.8. The molecule has 4 aromatic rings. The van der Waals surface area contributed by atoms with Crippen LogP contribution in [-0.4, -0.2) is 260 Å². The van der Waals surface area contributed by atoms with Crippen LogP contribution in [0.2, 0.25) is 5.02 Å². The van der Waals surface area contributed by atoms with Crippen molar-refractivity contribution < 1.29 is 107 Å². The van der Waals surface area contributed by atoms with Crippen molar-refractivity contribution in [3.8, 4) is 22.8 Å². The maximum atomic E-state index is 13.6. The molecule has 0 radical (unpaired) electrons. The van der Waals surface area contributed by atoms with Crippen LogP contribution in [0.25, 0.3) is 11.3 Å². The number of para-hydroxylation sites is 1. The Hall–Kier alpha value is -6.59. The van der Waals surface area contributed by atoms with Gasteiger partial charge in [0.1, 0.15) is 11.5 Å². The Kier molecular flexibility index (Phi) is 32.1. The fourth-order valence-electron chi connectivity index (χ4n) is 10.7. The van der Waals surface area contributed by atoms with E-state index in [1.807, 2.05) is 66.3 Å². The third-order valence-electron chi connectivity index (χ3n) is 15.2. The fraction of sp³-hybridized carbons (Fsp3) is 0.516. The Bertz CT molecular complexity index is 2960. The summed E-state index contributed by atoms with van der Waals surface area (Å²) in [5, 5.41) is 43.8. The number of nitrogens with one attached hydrogen (secondary N) is 2. The number of piperazine rings is 1. The van der Waals surface area contributed by atoms with Gasteiger partial charge in [0.2, 0.25) is 5.91 Å². The third kappa shape index (κ3) is 24.6. The Labute approximate surface area is 550 Å². The zero-order valence-electron chi connectivity index (χ0n) is 51.5. The van der Waals surface area contributed by atoms with Crippen molar-refractivity contribution in [2.75, 3.05) is 168 Å². The summed E-state index contributed by atoms with van der Waals surface area (Å²) >= 11 is 5.88. The van der Waals surface area contributed by atoms with Gasteiger partial charge in [-0.3, -0.25) is 48.6 Å². The molecule has 0 aliphatic carbocycles. The number of benzene rings is 3. The van der Waals surface area contributed by atoms with Crippen molar-refractivity contribution in [1.82, 2.24) is 39.7 Å². The standard InChI is InChI=1S/C34H55N7O11.C28H27ClF2N3O3.Na/c42-30(23-38-9-11-39(24-31(43)44)13-15-41(26-33(47)48)16-14-40(12-10-38)25-32(45)46)36-5-19-51-18-4-35-28-20-27(34(49)50)21-29(22-28)52-17-3-8-37-6-1-2-7-37;1-3-19-16-33(28(36)20-10-9-18(29)15-22(20)27(30)31)13-14-34(19)25-12-11-23(32-24(25)17-35)21-7-5-6-8-26(21)37-4-2;/h20-22,35H,1-19,23-26H2,(H,36,42)(H,43,44)(H,45,46)(H,47,48)(H,49,50);5-12,15,19,27H,3-4,13-14,16H2,1-2H3;/q;-1;+1. The number of carboxylic acids is 4. The summed E-state index contributed by atoms with van der Waals surface area (Å²) in [6.45, 7) is 12.0. The number of carboxylic acid groups (broad SMARTS) is 4. The topological polar surface area (TPSA) is 288 Å². The molecular formula is C62H82ClF2N10NaO14. The molecule has 1 atom stereocenters. The van der Waals surface area contributed by atoms with Crippen molar-refractivity contribution in [3.05, 3.63) is 100 Å². The van der Waals surface area contributed by atoms with E-state index in [1.165, 1.54) is 37.1 Å². The second-order valence-corrected chi connectivity index (χ2v) is 22.0. The molecule has 7 rings (SSSR count). The second-order valence-electron chi connectivity index (χ2n) is 21.6. The van der Waals surface area contributed by atoms with Crippen molar-refractivity contribution in [3.63, 3.8) is 0 Å². The van der Waals surface area contributed by atoms with Gasteiger partial charge in [0.05, 0.1) is 63.9 Å². The van der Waals surface area contributed by atoms with E-state index in [1.54, 1.807) is 25.7 Å². The minimum atomic E-state index is -2.82. The molecule has 6 N–H and O–H groups in total. The summed E-state index contributed by atoms with van der Waals surface area (Å²) in [6.07, 6.45) is 3.12. The number of amides is 2. The SMILES string of the molecule is CCOc1ccccc1-c1ccc(N2CCN(C(=O)c3ccc(Cl)cc3C(F)F)CC2CC)c([C-]=O)n1.O=C(O)CN1CCN(CC(=O)O)CCN(CC(=O)NCCOCCNc2cc(OCCCN3CCCC3)cc(C(=O)O)c2)CCN(CC(=O)O)CC1.[Na+]. The number of halogens is 3. The number of nitrogens with zero attached hydrogens (tertiary/aromatic N) is 8. The molecule has 3 aliphatic heterocycles. The number of alkyl halides is 2. The van der Waals surface area contributed by atoms with Crippen LogP contribution in [0.4, 0.5) is 20.2 Å². The molecule has 1 aromatic heterocycles. The van der Waals surface area contributed by atoms with E-state index in [0.717, 1.165) is 37.7 Å². The van der Waals surface area contributed by atoms with E-state index in [9.17, 15) is 62.8 Å². The average molecular weight is 1290 g/mol. The minimum absolute atomic E-state index is 0. The second kappa shape index (κ2) is 39.0. The maximum Gasteiger partial charge on any atom is 1.00 e. The quantitative estimate of drug-likeness (QED) is 0.0258. The number of aromatic carboxylic acids is 1. The van der Waals surface area contributed by atoms with Gasteiger partial charge in [0.15, 0.2) is 0 Å². The molecule has 90 heavy (non-hydrogen) atoms. The van der Waals surface area contributed by atoms with E-state index in [4.69, 9.17) is 25.8 Å². The number of carbonyl (C=O) groups is 6. The smallest absolute Gasteiger partial charge is 0.493 e. The first-order valence-corrected chi connectivity index (χ1v) is 30.3. The monoisotopic (exact) mass is 1290 g/mol. The Morgan fingerprint density at radius 3 is 1.89 bits per heavy atom. The Morgan fingerprint density at radius 1 is 0.700 bits per heavy atom. The molecule has 3 aliphatic rings. The van der Waals surface area contributed by atoms with Gasteiger partial charge in [-0.2, -0.15) is 0 Å². The summed E-state index contributed by atoms with van der Waals surface area (Å²) in [7, 11) is 0. The van der Waals surface area contributed by atoms with E-state index in [-0.39, 0.29) is 108 Å². The van der Waals surface area contributed by atoms with Gasteiger partial charge in [-0.1, -0.05) is 42.4 Å².